The van der Waals surface area contributed by atoms with Crippen molar-refractivity contribution in [3.05, 3.63) is 48.2 Å². The van der Waals surface area contributed by atoms with Gasteiger partial charge in [0.25, 0.3) is 0 Å². The number of thioether (sulfide) groups is 1. The first-order valence-electron chi connectivity index (χ1n) is 10.7. The highest BCUT2D eigenvalue weighted by atomic mass is 32.2. The number of carbonyl (C=O) groups excluding carboxylic acids is 2. The van der Waals surface area contributed by atoms with Crippen molar-refractivity contribution < 1.29 is 18.7 Å². The molecule has 1 saturated heterocycles. The fourth-order valence-electron chi connectivity index (χ4n) is 3.73. The number of hydrogen-bond donors (Lipinski definition) is 0. The van der Waals surface area contributed by atoms with Crippen LogP contribution in [0.2, 0.25) is 0 Å². The number of aryl methyl sites for hydroxylation is 1. The Bertz CT molecular complexity index is 1060. The lowest BCUT2D eigenvalue weighted by Crippen LogP contribution is -2.43. The van der Waals surface area contributed by atoms with Gasteiger partial charge in [-0.25, -0.2) is 0 Å². The molecule has 1 aromatic carbocycles. The van der Waals surface area contributed by atoms with Gasteiger partial charge in [-0.1, -0.05) is 29.5 Å². The van der Waals surface area contributed by atoms with Crippen LogP contribution >= 0.6 is 11.8 Å². The number of nitrogens with zero attached hydrogens (tertiary/aromatic N) is 4. The van der Waals surface area contributed by atoms with Crippen molar-refractivity contribution in [2.24, 2.45) is 5.92 Å². The van der Waals surface area contributed by atoms with Gasteiger partial charge in [-0.15, -0.1) is 10.2 Å². The summed E-state index contributed by atoms with van der Waals surface area (Å²) in [6.07, 6.45) is 3.14. The van der Waals surface area contributed by atoms with Gasteiger partial charge in [0.1, 0.15) is 0 Å². The van der Waals surface area contributed by atoms with Crippen molar-refractivity contribution in [2.75, 3.05) is 25.4 Å². The molecule has 1 aliphatic rings. The molecule has 9 heteroatoms. The van der Waals surface area contributed by atoms with E-state index in [1.807, 2.05) is 41.8 Å². The minimum Gasteiger partial charge on any atom is -0.466 e. The standard InChI is InChI=1S/C23H26N4O4S/c1-3-30-22(29)17-6-4-12-26(14-17)20(28)15-32-23-25-24-21(19-7-5-13-31-19)27(23)18-10-8-16(2)9-11-18/h5,7-11,13,17H,3-4,6,12,14-15H2,1-2H3. The lowest BCUT2D eigenvalue weighted by molar-refractivity contribution is -0.151. The van der Waals surface area contributed by atoms with E-state index >= 15 is 0 Å². The monoisotopic (exact) mass is 454 g/mol. The number of aromatic nitrogens is 3. The molecule has 1 aliphatic heterocycles. The fourth-order valence-corrected chi connectivity index (χ4v) is 4.58. The summed E-state index contributed by atoms with van der Waals surface area (Å²) >= 11 is 1.33. The Labute approximate surface area is 190 Å². The largest absolute Gasteiger partial charge is 0.466 e. The van der Waals surface area contributed by atoms with Crippen LogP contribution in [-0.2, 0) is 14.3 Å². The van der Waals surface area contributed by atoms with Crippen LogP contribution in [0.3, 0.4) is 0 Å². The van der Waals surface area contributed by atoms with Crippen molar-refractivity contribution >= 4 is 23.6 Å². The highest BCUT2D eigenvalue weighted by molar-refractivity contribution is 7.99. The second-order valence-corrected chi connectivity index (χ2v) is 8.62. The molecule has 3 heterocycles. The van der Waals surface area contributed by atoms with Gasteiger partial charge < -0.3 is 14.1 Å². The van der Waals surface area contributed by atoms with Crippen molar-refractivity contribution in [1.82, 2.24) is 19.7 Å². The molecule has 8 nitrogen and oxygen atoms in total. The molecular weight excluding hydrogens is 428 g/mol. The first-order chi connectivity index (χ1) is 15.6. The average Bonchev–Trinajstić information content (AvgIpc) is 3.48. The molecule has 1 atom stereocenters. The van der Waals surface area contributed by atoms with Crippen LogP contribution < -0.4 is 0 Å². The van der Waals surface area contributed by atoms with E-state index in [-0.39, 0.29) is 23.5 Å². The normalized spacial score (nSPS) is 16.2. The van der Waals surface area contributed by atoms with Gasteiger partial charge in [-0.3, -0.25) is 14.2 Å². The Hall–Kier alpha value is -3.07. The minimum atomic E-state index is -0.251. The molecule has 0 aliphatic carbocycles. The van der Waals surface area contributed by atoms with Gasteiger partial charge >= 0.3 is 5.97 Å². The first kappa shape index (κ1) is 22.1. The Morgan fingerprint density at radius 1 is 1.22 bits per heavy atom. The third-order valence-electron chi connectivity index (χ3n) is 5.39. The number of furan rings is 1. The summed E-state index contributed by atoms with van der Waals surface area (Å²) in [5, 5.41) is 9.25. The molecule has 0 radical (unpaired) electrons. The van der Waals surface area contributed by atoms with E-state index in [1.54, 1.807) is 24.2 Å². The summed E-state index contributed by atoms with van der Waals surface area (Å²) in [4.78, 5) is 26.7. The van der Waals surface area contributed by atoms with Crippen molar-refractivity contribution in [2.45, 2.75) is 31.8 Å². The molecule has 168 valence electrons. The molecule has 0 bridgehead atoms. The molecule has 3 aromatic rings. The predicted molar refractivity (Wildman–Crippen MR) is 120 cm³/mol. The number of benzene rings is 1. The quantitative estimate of drug-likeness (QED) is 0.397. The average molecular weight is 455 g/mol. The van der Waals surface area contributed by atoms with Gasteiger partial charge in [0.15, 0.2) is 10.9 Å². The second kappa shape index (κ2) is 10.0. The number of carbonyl (C=O) groups is 2. The number of rotatable bonds is 7. The molecule has 1 unspecified atom stereocenters. The van der Waals surface area contributed by atoms with Crippen LogP contribution in [0.25, 0.3) is 17.3 Å². The lowest BCUT2D eigenvalue weighted by Gasteiger charge is -2.31. The molecule has 2 aromatic heterocycles. The topological polar surface area (TPSA) is 90.5 Å². The van der Waals surface area contributed by atoms with E-state index in [4.69, 9.17) is 9.15 Å². The van der Waals surface area contributed by atoms with E-state index in [2.05, 4.69) is 10.2 Å². The molecule has 1 fully saturated rings. The van der Waals surface area contributed by atoms with Crippen molar-refractivity contribution in [3.8, 4) is 17.3 Å². The smallest absolute Gasteiger partial charge is 0.310 e. The second-order valence-electron chi connectivity index (χ2n) is 7.67. The Kier molecular flexibility index (Phi) is 6.94. The third-order valence-corrected chi connectivity index (χ3v) is 6.30. The maximum atomic E-state index is 12.9. The van der Waals surface area contributed by atoms with Crippen LogP contribution in [0.4, 0.5) is 0 Å². The summed E-state index contributed by atoms with van der Waals surface area (Å²) in [7, 11) is 0. The number of ether oxygens (including phenoxy) is 1. The summed E-state index contributed by atoms with van der Waals surface area (Å²) in [5.74, 6) is 0.887. The Morgan fingerprint density at radius 3 is 2.75 bits per heavy atom. The lowest BCUT2D eigenvalue weighted by atomic mass is 9.98. The maximum Gasteiger partial charge on any atom is 0.310 e. The van der Waals surface area contributed by atoms with Gasteiger partial charge in [0.05, 0.1) is 24.5 Å². The minimum absolute atomic E-state index is 0.0259. The molecule has 0 spiro atoms. The van der Waals surface area contributed by atoms with E-state index in [9.17, 15) is 9.59 Å². The summed E-state index contributed by atoms with van der Waals surface area (Å²) in [6.45, 7) is 5.23. The van der Waals surface area contributed by atoms with E-state index < -0.39 is 0 Å². The molecule has 4 rings (SSSR count). The van der Waals surface area contributed by atoms with Crippen molar-refractivity contribution in [1.29, 1.82) is 0 Å². The summed E-state index contributed by atoms with van der Waals surface area (Å²) in [6, 6.07) is 11.7. The molecule has 1 amide bonds. The molecule has 0 saturated carbocycles. The number of hydrogen-bond acceptors (Lipinski definition) is 7. The SMILES string of the molecule is CCOC(=O)C1CCCN(C(=O)CSc2nnc(-c3ccco3)n2-c2ccc(C)cc2)C1. The van der Waals surface area contributed by atoms with Gasteiger partial charge in [0, 0.05) is 18.8 Å². The van der Waals surface area contributed by atoms with E-state index in [0.717, 1.165) is 24.1 Å². The maximum absolute atomic E-state index is 12.9. The predicted octanol–water partition coefficient (Wildman–Crippen LogP) is 3.73. The van der Waals surface area contributed by atoms with Gasteiger partial charge in [-0.2, -0.15) is 0 Å². The van der Waals surface area contributed by atoms with Crippen LogP contribution in [-0.4, -0.2) is 57.0 Å². The first-order valence-corrected chi connectivity index (χ1v) is 11.7. The Balaban J connectivity index is 1.50. The number of amides is 1. The van der Waals surface area contributed by atoms with Gasteiger partial charge in [0.2, 0.25) is 11.7 Å². The van der Waals surface area contributed by atoms with Crippen LogP contribution in [0, 0.1) is 12.8 Å². The van der Waals surface area contributed by atoms with Crippen LogP contribution in [0.1, 0.15) is 25.3 Å². The molecular formula is C23H26N4O4S. The summed E-state index contributed by atoms with van der Waals surface area (Å²) in [5.41, 5.74) is 2.04. The summed E-state index contributed by atoms with van der Waals surface area (Å²) < 4.78 is 12.6. The third kappa shape index (κ3) is 4.88. The fraction of sp³-hybridized carbons (Fsp3) is 0.391. The zero-order valence-electron chi connectivity index (χ0n) is 18.2. The molecule has 32 heavy (non-hydrogen) atoms. The number of piperidine rings is 1. The zero-order valence-corrected chi connectivity index (χ0v) is 19.0. The number of esters is 1. The highest BCUT2D eigenvalue weighted by Crippen LogP contribution is 2.29. The van der Waals surface area contributed by atoms with Crippen molar-refractivity contribution in [3.63, 3.8) is 0 Å². The van der Waals surface area contributed by atoms with Crippen LogP contribution in [0.5, 0.6) is 0 Å². The molecule has 0 N–H and O–H groups in total. The zero-order chi connectivity index (χ0) is 22.5. The highest BCUT2D eigenvalue weighted by Gasteiger charge is 2.29. The van der Waals surface area contributed by atoms with E-state index in [1.165, 1.54) is 11.8 Å². The van der Waals surface area contributed by atoms with Gasteiger partial charge in [-0.05, 0) is 51.0 Å². The van der Waals surface area contributed by atoms with Crippen LogP contribution in [0.15, 0.2) is 52.2 Å². The van der Waals surface area contributed by atoms with E-state index in [0.29, 0.717) is 36.4 Å². The Morgan fingerprint density at radius 2 is 2.03 bits per heavy atom. The number of likely N-dealkylation sites (tertiary alicyclic amines) is 1.